The van der Waals surface area contributed by atoms with Crippen molar-refractivity contribution in [3.63, 3.8) is 0 Å². The number of carbonyl (C=O) groups is 3. The van der Waals surface area contributed by atoms with E-state index in [2.05, 4.69) is 20.6 Å². The predicted molar refractivity (Wildman–Crippen MR) is 127 cm³/mol. The summed E-state index contributed by atoms with van der Waals surface area (Å²) >= 11 is 0. The summed E-state index contributed by atoms with van der Waals surface area (Å²) in [5.41, 5.74) is 8.44. The van der Waals surface area contributed by atoms with Crippen LogP contribution in [0.4, 0.5) is 4.79 Å². The Labute approximate surface area is 198 Å². The van der Waals surface area contributed by atoms with Gasteiger partial charge in [0.15, 0.2) is 0 Å². The Morgan fingerprint density at radius 3 is 2.44 bits per heavy atom. The molecule has 178 valence electrons. The van der Waals surface area contributed by atoms with Crippen molar-refractivity contribution in [3.05, 3.63) is 72.1 Å². The normalized spacial score (nSPS) is 11.5. The maximum atomic E-state index is 12.3. The Bertz CT molecular complexity index is 1110. The Hall–Kier alpha value is -4.01. The standard InChI is InChI=1S/C25H29N5O4/c26-24(32)22(15-19-16-28-20-11-6-7-12-21(20)29-19)30-23(31)13-5-2-8-14-27-25(33)34-17-18-9-3-1-4-10-18/h1,3-4,6-7,9-12,16,22H,2,5,8,13-15,17H2,(H2,26,32)(H,27,33)(H,30,31)/t22-/m0/s1. The highest BCUT2D eigenvalue weighted by atomic mass is 16.5. The average Bonchev–Trinajstić information content (AvgIpc) is 2.85. The van der Waals surface area contributed by atoms with E-state index in [-0.39, 0.29) is 25.4 Å². The van der Waals surface area contributed by atoms with Crippen LogP contribution in [0.3, 0.4) is 0 Å². The van der Waals surface area contributed by atoms with Gasteiger partial charge >= 0.3 is 6.09 Å². The number of rotatable bonds is 12. The first-order chi connectivity index (χ1) is 16.5. The maximum Gasteiger partial charge on any atom is 0.407 e. The number of nitrogens with one attached hydrogen (secondary N) is 2. The summed E-state index contributed by atoms with van der Waals surface area (Å²) in [6.45, 7) is 0.679. The Morgan fingerprint density at radius 2 is 1.68 bits per heavy atom. The summed E-state index contributed by atoms with van der Waals surface area (Å²) in [7, 11) is 0. The molecule has 0 bridgehead atoms. The molecule has 1 heterocycles. The molecule has 34 heavy (non-hydrogen) atoms. The van der Waals surface area contributed by atoms with Gasteiger partial charge in [-0.15, -0.1) is 0 Å². The molecule has 0 unspecified atom stereocenters. The summed E-state index contributed by atoms with van der Waals surface area (Å²) in [5.74, 6) is -0.880. The quantitative estimate of drug-likeness (QED) is 0.353. The lowest BCUT2D eigenvalue weighted by Crippen LogP contribution is -2.46. The lowest BCUT2D eigenvalue weighted by molar-refractivity contribution is -0.127. The van der Waals surface area contributed by atoms with E-state index in [9.17, 15) is 14.4 Å². The van der Waals surface area contributed by atoms with Crippen LogP contribution in [0.5, 0.6) is 0 Å². The van der Waals surface area contributed by atoms with E-state index < -0.39 is 18.0 Å². The average molecular weight is 464 g/mol. The highest BCUT2D eigenvalue weighted by Crippen LogP contribution is 2.10. The number of fused-ring (bicyclic) bond motifs is 1. The fraction of sp³-hybridized carbons (Fsp3) is 0.320. The molecular formula is C25H29N5O4. The van der Waals surface area contributed by atoms with Gasteiger partial charge in [0.25, 0.3) is 0 Å². The van der Waals surface area contributed by atoms with E-state index in [1.165, 1.54) is 0 Å². The molecule has 2 aromatic carbocycles. The first-order valence-corrected chi connectivity index (χ1v) is 11.2. The van der Waals surface area contributed by atoms with Gasteiger partial charge in [-0.05, 0) is 30.5 Å². The van der Waals surface area contributed by atoms with Gasteiger partial charge in [0, 0.05) is 25.6 Å². The van der Waals surface area contributed by atoms with Crippen molar-refractivity contribution in [1.29, 1.82) is 0 Å². The van der Waals surface area contributed by atoms with Crippen molar-refractivity contribution in [1.82, 2.24) is 20.6 Å². The first kappa shape index (κ1) is 24.6. The van der Waals surface area contributed by atoms with Gasteiger partial charge in [0.1, 0.15) is 12.6 Å². The highest BCUT2D eigenvalue weighted by molar-refractivity contribution is 5.86. The molecule has 0 aliphatic rings. The van der Waals surface area contributed by atoms with Crippen LogP contribution in [-0.4, -0.2) is 40.5 Å². The van der Waals surface area contributed by atoms with E-state index >= 15 is 0 Å². The molecule has 0 saturated heterocycles. The van der Waals surface area contributed by atoms with Gasteiger partial charge in [0.2, 0.25) is 11.8 Å². The van der Waals surface area contributed by atoms with Crippen molar-refractivity contribution in [2.24, 2.45) is 5.73 Å². The number of hydrogen-bond donors (Lipinski definition) is 3. The smallest absolute Gasteiger partial charge is 0.407 e. The second-order valence-corrected chi connectivity index (χ2v) is 7.88. The third kappa shape index (κ3) is 8.16. The molecule has 1 atom stereocenters. The Kier molecular flexibility index (Phi) is 9.33. The summed E-state index contributed by atoms with van der Waals surface area (Å²) in [6.07, 6.45) is 3.61. The van der Waals surface area contributed by atoms with Gasteiger partial charge in [-0.1, -0.05) is 48.9 Å². The number of primary amides is 1. The molecule has 0 aliphatic heterocycles. The number of unbranched alkanes of at least 4 members (excludes halogenated alkanes) is 2. The number of ether oxygens (including phenoxy) is 1. The molecule has 0 radical (unpaired) electrons. The third-order valence-corrected chi connectivity index (χ3v) is 5.15. The number of para-hydroxylation sites is 2. The second-order valence-electron chi connectivity index (χ2n) is 7.88. The van der Waals surface area contributed by atoms with Crippen molar-refractivity contribution in [2.75, 3.05) is 6.54 Å². The molecule has 0 fully saturated rings. The fourth-order valence-corrected chi connectivity index (χ4v) is 3.34. The Morgan fingerprint density at radius 1 is 0.941 bits per heavy atom. The van der Waals surface area contributed by atoms with Crippen molar-refractivity contribution < 1.29 is 19.1 Å². The van der Waals surface area contributed by atoms with Crippen LogP contribution in [0.25, 0.3) is 11.0 Å². The molecule has 4 N–H and O–H groups in total. The fourth-order valence-electron chi connectivity index (χ4n) is 3.34. The van der Waals surface area contributed by atoms with E-state index in [1.54, 1.807) is 6.20 Å². The van der Waals surface area contributed by atoms with E-state index in [4.69, 9.17) is 10.5 Å². The number of nitrogens with two attached hydrogens (primary N) is 1. The minimum atomic E-state index is -0.857. The minimum absolute atomic E-state index is 0.175. The summed E-state index contributed by atoms with van der Waals surface area (Å²) in [6, 6.07) is 16.0. The highest BCUT2D eigenvalue weighted by Gasteiger charge is 2.19. The van der Waals surface area contributed by atoms with E-state index in [1.807, 2.05) is 54.6 Å². The minimum Gasteiger partial charge on any atom is -0.445 e. The topological polar surface area (TPSA) is 136 Å². The van der Waals surface area contributed by atoms with Crippen LogP contribution >= 0.6 is 0 Å². The molecule has 9 nitrogen and oxygen atoms in total. The van der Waals surface area contributed by atoms with Gasteiger partial charge in [-0.3, -0.25) is 14.6 Å². The van der Waals surface area contributed by atoms with Gasteiger partial charge in [0.05, 0.1) is 16.7 Å². The lowest BCUT2D eigenvalue weighted by atomic mass is 10.1. The largest absolute Gasteiger partial charge is 0.445 e. The number of benzene rings is 2. The third-order valence-electron chi connectivity index (χ3n) is 5.15. The summed E-state index contributed by atoms with van der Waals surface area (Å²) in [5, 5.41) is 5.38. The summed E-state index contributed by atoms with van der Waals surface area (Å²) < 4.78 is 5.14. The predicted octanol–water partition coefficient (Wildman–Crippen LogP) is 2.63. The molecule has 3 aromatic rings. The molecule has 3 amide bonds. The SMILES string of the molecule is NC(=O)[C@H](Cc1cnc2ccccc2n1)NC(=O)CCCCCNC(=O)OCc1ccccc1. The zero-order valence-corrected chi connectivity index (χ0v) is 18.9. The molecule has 1 aromatic heterocycles. The van der Waals surface area contributed by atoms with Crippen molar-refractivity contribution in [3.8, 4) is 0 Å². The van der Waals surface area contributed by atoms with Crippen LogP contribution < -0.4 is 16.4 Å². The molecular weight excluding hydrogens is 434 g/mol. The number of hydrogen-bond acceptors (Lipinski definition) is 6. The van der Waals surface area contributed by atoms with Crippen LogP contribution in [-0.2, 0) is 27.4 Å². The van der Waals surface area contributed by atoms with Crippen LogP contribution in [0.15, 0.2) is 60.8 Å². The van der Waals surface area contributed by atoms with E-state index in [0.29, 0.717) is 30.6 Å². The van der Waals surface area contributed by atoms with E-state index in [0.717, 1.165) is 17.5 Å². The number of alkyl carbamates (subject to hydrolysis) is 1. The lowest BCUT2D eigenvalue weighted by Gasteiger charge is -2.15. The molecule has 0 aliphatic carbocycles. The maximum absolute atomic E-state index is 12.3. The summed E-state index contributed by atoms with van der Waals surface area (Å²) in [4.78, 5) is 44.6. The monoisotopic (exact) mass is 463 g/mol. The molecule has 0 saturated carbocycles. The molecule has 9 heteroatoms. The Balaban J connectivity index is 1.32. The van der Waals surface area contributed by atoms with Crippen LogP contribution in [0, 0.1) is 0 Å². The zero-order valence-electron chi connectivity index (χ0n) is 18.9. The molecule has 0 spiro atoms. The number of carbonyl (C=O) groups excluding carboxylic acids is 3. The first-order valence-electron chi connectivity index (χ1n) is 11.2. The van der Waals surface area contributed by atoms with Crippen LogP contribution in [0.1, 0.15) is 36.9 Å². The van der Waals surface area contributed by atoms with Crippen LogP contribution in [0.2, 0.25) is 0 Å². The zero-order chi connectivity index (χ0) is 24.2. The van der Waals surface area contributed by atoms with Gasteiger partial charge in [-0.2, -0.15) is 0 Å². The van der Waals surface area contributed by atoms with Crippen molar-refractivity contribution >= 4 is 28.9 Å². The molecule has 3 rings (SSSR count). The number of aromatic nitrogens is 2. The van der Waals surface area contributed by atoms with Crippen molar-refractivity contribution in [2.45, 2.75) is 44.8 Å². The van der Waals surface area contributed by atoms with Gasteiger partial charge in [-0.25, -0.2) is 9.78 Å². The van der Waals surface area contributed by atoms with Gasteiger partial charge < -0.3 is 21.1 Å². The number of nitrogens with zero attached hydrogens (tertiary/aromatic N) is 2. The number of amides is 3. The second kappa shape index (κ2) is 12.9.